The van der Waals surface area contributed by atoms with Gasteiger partial charge in [-0.2, -0.15) is 0 Å². The van der Waals surface area contributed by atoms with Gasteiger partial charge in [0.15, 0.2) is 0 Å². The molecule has 0 radical (unpaired) electrons. The van der Waals surface area contributed by atoms with Crippen LogP contribution in [0.2, 0.25) is 0 Å². The number of carbonyl (C=O) groups is 1. The smallest absolute Gasteiger partial charge is 0.267 e. The molecule has 2 N–H and O–H groups in total. The van der Waals surface area contributed by atoms with Crippen LogP contribution in [0.5, 0.6) is 0 Å². The first-order chi connectivity index (χ1) is 14.3. The van der Waals surface area contributed by atoms with Gasteiger partial charge in [0.05, 0.1) is 9.79 Å². The molecule has 30 heavy (non-hydrogen) atoms. The number of benzene rings is 2. The van der Waals surface area contributed by atoms with Gasteiger partial charge >= 0.3 is 0 Å². The van der Waals surface area contributed by atoms with Gasteiger partial charge in [-0.1, -0.05) is 12.1 Å². The number of fused-ring (bicyclic) bond motifs is 1. The zero-order chi connectivity index (χ0) is 21.3. The number of halogens is 1. The van der Waals surface area contributed by atoms with Crippen molar-refractivity contribution < 1.29 is 17.6 Å². The minimum Gasteiger partial charge on any atom is -0.350 e. The summed E-state index contributed by atoms with van der Waals surface area (Å²) in [7, 11) is -3.76. The number of pyridine rings is 1. The maximum Gasteiger partial charge on any atom is 0.267 e. The van der Waals surface area contributed by atoms with E-state index in [-0.39, 0.29) is 22.2 Å². The standard InChI is InChI=1S/C22H18FN3O3S/c1-14-10-17(23)4-7-21(14)30(28,29)18-5-2-15(3-6-18)12-25-22(27)20-11-16-13-24-9-8-19(16)26-20/h2-11,13,26H,12H2,1H3,(H,25,27). The van der Waals surface area contributed by atoms with Crippen molar-refractivity contribution in [3.8, 4) is 0 Å². The van der Waals surface area contributed by atoms with E-state index in [0.717, 1.165) is 22.5 Å². The monoisotopic (exact) mass is 423 g/mol. The Morgan fingerprint density at radius 1 is 1.10 bits per heavy atom. The van der Waals surface area contributed by atoms with Gasteiger partial charge in [0, 0.05) is 29.8 Å². The first-order valence-corrected chi connectivity index (χ1v) is 10.6. The molecule has 0 aliphatic rings. The molecule has 0 aliphatic heterocycles. The van der Waals surface area contributed by atoms with Gasteiger partial charge in [0.25, 0.3) is 5.91 Å². The summed E-state index contributed by atoms with van der Waals surface area (Å²) in [6.45, 7) is 1.79. The maximum atomic E-state index is 13.3. The van der Waals surface area contributed by atoms with Gasteiger partial charge < -0.3 is 10.3 Å². The fourth-order valence-electron chi connectivity index (χ4n) is 3.20. The molecular formula is C22H18FN3O3S. The Labute approximate surface area is 172 Å². The summed E-state index contributed by atoms with van der Waals surface area (Å²) in [6, 6.07) is 13.3. The van der Waals surface area contributed by atoms with Crippen LogP contribution in [0.4, 0.5) is 4.39 Å². The Balaban J connectivity index is 1.47. The average Bonchev–Trinajstić information content (AvgIpc) is 3.16. The van der Waals surface area contributed by atoms with Gasteiger partial charge in [0.2, 0.25) is 9.84 Å². The lowest BCUT2D eigenvalue weighted by Gasteiger charge is -2.09. The lowest BCUT2D eigenvalue weighted by molar-refractivity contribution is 0.0946. The highest BCUT2D eigenvalue weighted by atomic mass is 32.2. The van der Waals surface area contributed by atoms with E-state index in [1.165, 1.54) is 24.3 Å². The molecule has 1 amide bonds. The van der Waals surface area contributed by atoms with E-state index in [2.05, 4.69) is 15.3 Å². The van der Waals surface area contributed by atoms with E-state index < -0.39 is 15.7 Å². The Hall–Kier alpha value is -3.52. The molecule has 2 aromatic heterocycles. The van der Waals surface area contributed by atoms with Crippen molar-refractivity contribution in [3.63, 3.8) is 0 Å². The number of aromatic amines is 1. The number of H-pyrrole nitrogens is 1. The summed E-state index contributed by atoms with van der Waals surface area (Å²) in [5, 5.41) is 3.64. The predicted octanol–water partition coefficient (Wildman–Crippen LogP) is 3.77. The molecule has 2 aromatic carbocycles. The number of aryl methyl sites for hydroxylation is 1. The second-order valence-corrected chi connectivity index (χ2v) is 8.80. The van der Waals surface area contributed by atoms with Crippen LogP contribution in [0, 0.1) is 12.7 Å². The third-order valence-electron chi connectivity index (χ3n) is 4.78. The summed E-state index contributed by atoms with van der Waals surface area (Å²) in [5.74, 6) is -0.756. The Morgan fingerprint density at radius 3 is 2.57 bits per heavy atom. The van der Waals surface area contributed by atoms with Crippen molar-refractivity contribution in [1.82, 2.24) is 15.3 Å². The topological polar surface area (TPSA) is 91.9 Å². The highest BCUT2D eigenvalue weighted by Gasteiger charge is 2.20. The molecule has 0 saturated carbocycles. The highest BCUT2D eigenvalue weighted by Crippen LogP contribution is 2.24. The van der Waals surface area contributed by atoms with Crippen LogP contribution in [-0.2, 0) is 16.4 Å². The fraction of sp³-hybridized carbons (Fsp3) is 0.0909. The zero-order valence-corrected chi connectivity index (χ0v) is 16.8. The van der Waals surface area contributed by atoms with Crippen molar-refractivity contribution in [3.05, 3.63) is 89.6 Å². The van der Waals surface area contributed by atoms with E-state index in [1.807, 2.05) is 0 Å². The van der Waals surface area contributed by atoms with Crippen LogP contribution in [-0.4, -0.2) is 24.3 Å². The molecule has 2 heterocycles. The molecule has 0 unspecified atom stereocenters. The molecule has 6 nitrogen and oxygen atoms in total. The minimum absolute atomic E-state index is 0.0678. The van der Waals surface area contributed by atoms with Crippen molar-refractivity contribution >= 4 is 26.6 Å². The molecule has 0 saturated heterocycles. The number of nitrogens with one attached hydrogen (secondary N) is 2. The number of hydrogen-bond donors (Lipinski definition) is 2. The number of carbonyl (C=O) groups excluding carboxylic acids is 1. The van der Waals surface area contributed by atoms with Crippen molar-refractivity contribution in [2.45, 2.75) is 23.3 Å². The maximum absolute atomic E-state index is 13.3. The third-order valence-corrected chi connectivity index (χ3v) is 6.71. The first kappa shape index (κ1) is 19.8. The van der Waals surface area contributed by atoms with Crippen molar-refractivity contribution in [2.24, 2.45) is 0 Å². The normalized spacial score (nSPS) is 11.5. The Morgan fingerprint density at radius 2 is 1.87 bits per heavy atom. The molecule has 4 aromatic rings. The molecule has 0 spiro atoms. The van der Waals surface area contributed by atoms with Crippen molar-refractivity contribution in [1.29, 1.82) is 0 Å². The molecule has 0 atom stereocenters. The van der Waals surface area contributed by atoms with Gasteiger partial charge in [-0.3, -0.25) is 9.78 Å². The van der Waals surface area contributed by atoms with Crippen LogP contribution in [0.3, 0.4) is 0 Å². The number of amides is 1. The second kappa shape index (κ2) is 7.72. The first-order valence-electron chi connectivity index (χ1n) is 9.16. The quantitative estimate of drug-likeness (QED) is 0.478. The lowest BCUT2D eigenvalue weighted by Crippen LogP contribution is -2.23. The molecule has 0 bridgehead atoms. The Kier molecular flexibility index (Phi) is 5.09. The largest absolute Gasteiger partial charge is 0.350 e. The van der Waals surface area contributed by atoms with E-state index in [9.17, 15) is 17.6 Å². The lowest BCUT2D eigenvalue weighted by atomic mass is 10.2. The average molecular weight is 423 g/mol. The molecule has 4 rings (SSSR count). The number of rotatable bonds is 5. The van der Waals surface area contributed by atoms with Gasteiger partial charge in [-0.25, -0.2) is 12.8 Å². The summed E-state index contributed by atoms with van der Waals surface area (Å²) in [4.78, 5) is 19.6. The van der Waals surface area contributed by atoms with Crippen LogP contribution >= 0.6 is 0 Å². The SMILES string of the molecule is Cc1cc(F)ccc1S(=O)(=O)c1ccc(CNC(=O)c2cc3cnccc3[nH]2)cc1. The molecule has 0 fully saturated rings. The van der Waals surface area contributed by atoms with E-state index >= 15 is 0 Å². The van der Waals surface area contributed by atoms with Gasteiger partial charge in [0.1, 0.15) is 11.5 Å². The molecular weight excluding hydrogens is 405 g/mol. The molecule has 152 valence electrons. The highest BCUT2D eigenvalue weighted by molar-refractivity contribution is 7.91. The van der Waals surface area contributed by atoms with Crippen LogP contribution in [0.15, 0.2) is 76.8 Å². The summed E-state index contributed by atoms with van der Waals surface area (Å²) in [5.41, 5.74) is 2.33. The summed E-state index contributed by atoms with van der Waals surface area (Å²) < 4.78 is 38.9. The number of hydrogen-bond acceptors (Lipinski definition) is 4. The van der Waals surface area contributed by atoms with E-state index in [1.54, 1.807) is 43.6 Å². The van der Waals surface area contributed by atoms with Gasteiger partial charge in [-0.15, -0.1) is 0 Å². The summed E-state index contributed by atoms with van der Waals surface area (Å²) in [6.07, 6.45) is 3.31. The number of aromatic nitrogens is 2. The van der Waals surface area contributed by atoms with Crippen LogP contribution in [0.1, 0.15) is 21.6 Å². The minimum atomic E-state index is -3.76. The number of sulfone groups is 1. The van der Waals surface area contributed by atoms with Crippen molar-refractivity contribution in [2.75, 3.05) is 0 Å². The third kappa shape index (κ3) is 3.81. The predicted molar refractivity (Wildman–Crippen MR) is 110 cm³/mol. The Bertz CT molecular complexity index is 1310. The number of nitrogens with zero attached hydrogens (tertiary/aromatic N) is 1. The van der Waals surface area contributed by atoms with E-state index in [0.29, 0.717) is 11.3 Å². The molecule has 0 aliphatic carbocycles. The van der Waals surface area contributed by atoms with Crippen LogP contribution in [0.25, 0.3) is 10.9 Å². The van der Waals surface area contributed by atoms with Gasteiger partial charge in [-0.05, 0) is 60.5 Å². The summed E-state index contributed by atoms with van der Waals surface area (Å²) >= 11 is 0. The second-order valence-electron chi connectivity index (χ2n) is 6.89. The fourth-order valence-corrected chi connectivity index (χ4v) is 4.68. The molecule has 8 heteroatoms. The van der Waals surface area contributed by atoms with Crippen LogP contribution < -0.4 is 5.32 Å². The van der Waals surface area contributed by atoms with E-state index in [4.69, 9.17) is 0 Å². The zero-order valence-electron chi connectivity index (χ0n) is 16.0.